The molecule has 2 aromatic heterocycles. The van der Waals surface area contributed by atoms with Crippen molar-refractivity contribution in [1.29, 1.82) is 0 Å². The van der Waals surface area contributed by atoms with Crippen molar-refractivity contribution in [3.63, 3.8) is 0 Å². The Bertz CT molecular complexity index is 1200. The molecule has 0 saturated heterocycles. The molecule has 2 heterocycles. The first-order valence-corrected chi connectivity index (χ1v) is 10.9. The third-order valence-electron chi connectivity index (χ3n) is 4.98. The molecule has 0 aliphatic heterocycles. The molecule has 9 nitrogen and oxygen atoms in total. The Balaban J connectivity index is 1.96. The smallest absolute Gasteiger partial charge is 0.330 e. The molecule has 0 saturated carbocycles. The van der Waals surface area contributed by atoms with E-state index in [1.807, 2.05) is 20.8 Å². The average Bonchev–Trinajstić information content (AvgIpc) is 2.78. The number of nitrogens with two attached hydrogens (primary N) is 1. The molecular formula is C24H29N5O4. The Hall–Kier alpha value is -3.88. The van der Waals surface area contributed by atoms with Crippen molar-refractivity contribution < 1.29 is 9.53 Å². The lowest BCUT2D eigenvalue weighted by atomic mass is 10.1. The van der Waals surface area contributed by atoms with Crippen molar-refractivity contribution in [3.05, 3.63) is 75.2 Å². The molecule has 33 heavy (non-hydrogen) atoms. The summed E-state index contributed by atoms with van der Waals surface area (Å²) in [6, 6.07) is 10.1. The van der Waals surface area contributed by atoms with Crippen LogP contribution in [-0.4, -0.2) is 27.0 Å². The van der Waals surface area contributed by atoms with Crippen LogP contribution in [0.1, 0.15) is 44.0 Å². The van der Waals surface area contributed by atoms with Crippen LogP contribution in [0.3, 0.4) is 0 Å². The van der Waals surface area contributed by atoms with Crippen LogP contribution < -0.4 is 26.6 Å². The summed E-state index contributed by atoms with van der Waals surface area (Å²) in [6.07, 6.45) is 4.80. The summed E-state index contributed by atoms with van der Waals surface area (Å²) in [5, 5.41) is 0. The van der Waals surface area contributed by atoms with Gasteiger partial charge in [-0.1, -0.05) is 27.2 Å². The number of hydrogen-bond donors (Lipinski definition) is 2. The van der Waals surface area contributed by atoms with E-state index in [0.717, 1.165) is 6.42 Å². The second kappa shape index (κ2) is 10.6. The first-order chi connectivity index (χ1) is 15.8. The molecule has 0 aliphatic rings. The van der Waals surface area contributed by atoms with E-state index in [1.165, 1.54) is 9.47 Å². The summed E-state index contributed by atoms with van der Waals surface area (Å²) in [6.45, 7) is 6.47. The van der Waals surface area contributed by atoms with Gasteiger partial charge in [0.1, 0.15) is 17.3 Å². The molecule has 0 atom stereocenters. The zero-order chi connectivity index (χ0) is 24.0. The zero-order valence-corrected chi connectivity index (χ0v) is 19.1. The van der Waals surface area contributed by atoms with Crippen molar-refractivity contribution in [2.45, 2.75) is 40.2 Å². The second-order valence-electron chi connectivity index (χ2n) is 8.12. The highest BCUT2D eigenvalue weighted by molar-refractivity contribution is 6.07. The van der Waals surface area contributed by atoms with Gasteiger partial charge in [-0.2, -0.15) is 0 Å². The molecule has 1 amide bonds. The molecule has 3 rings (SSSR count). The van der Waals surface area contributed by atoms with Crippen molar-refractivity contribution in [2.24, 2.45) is 5.92 Å². The molecule has 174 valence electrons. The number of pyridine rings is 1. The summed E-state index contributed by atoms with van der Waals surface area (Å²) in [4.78, 5) is 46.1. The number of anilines is 2. The Labute approximate surface area is 191 Å². The van der Waals surface area contributed by atoms with E-state index in [4.69, 9.17) is 10.5 Å². The van der Waals surface area contributed by atoms with E-state index in [0.29, 0.717) is 30.0 Å². The first kappa shape index (κ1) is 23.8. The quantitative estimate of drug-likeness (QED) is 0.514. The third kappa shape index (κ3) is 5.68. The van der Waals surface area contributed by atoms with Gasteiger partial charge in [-0.05, 0) is 48.7 Å². The van der Waals surface area contributed by atoms with Crippen LogP contribution in [0.25, 0.3) is 0 Å². The first-order valence-electron chi connectivity index (χ1n) is 10.9. The van der Waals surface area contributed by atoms with Gasteiger partial charge < -0.3 is 15.4 Å². The average molecular weight is 452 g/mol. The molecule has 1 aromatic carbocycles. The van der Waals surface area contributed by atoms with Gasteiger partial charge in [0.2, 0.25) is 0 Å². The Kier molecular flexibility index (Phi) is 7.66. The van der Waals surface area contributed by atoms with E-state index in [1.54, 1.807) is 48.8 Å². The monoisotopic (exact) mass is 451 g/mol. The van der Waals surface area contributed by atoms with E-state index >= 15 is 0 Å². The fraction of sp³-hybridized carbons (Fsp3) is 0.333. The number of amides is 1. The summed E-state index contributed by atoms with van der Waals surface area (Å²) in [5.41, 5.74) is 5.33. The molecule has 0 aliphatic carbocycles. The molecular weight excluding hydrogens is 422 g/mol. The number of nitrogen functional groups attached to an aromatic ring is 1. The van der Waals surface area contributed by atoms with Crippen LogP contribution in [0.2, 0.25) is 0 Å². The molecule has 0 fully saturated rings. The number of nitrogens with one attached hydrogen (secondary N) is 1. The maximum absolute atomic E-state index is 13.4. The Morgan fingerprint density at radius 2 is 1.91 bits per heavy atom. The summed E-state index contributed by atoms with van der Waals surface area (Å²) < 4.78 is 7.04. The minimum Gasteiger partial charge on any atom is -0.456 e. The Morgan fingerprint density at radius 3 is 2.52 bits per heavy atom. The van der Waals surface area contributed by atoms with E-state index < -0.39 is 17.2 Å². The second-order valence-corrected chi connectivity index (χ2v) is 8.12. The van der Waals surface area contributed by atoms with Gasteiger partial charge in [0.15, 0.2) is 5.69 Å². The van der Waals surface area contributed by atoms with E-state index in [2.05, 4.69) is 9.97 Å². The van der Waals surface area contributed by atoms with Gasteiger partial charge in [0, 0.05) is 24.8 Å². The summed E-state index contributed by atoms with van der Waals surface area (Å²) in [7, 11) is 0. The van der Waals surface area contributed by atoms with Crippen LogP contribution in [0, 0.1) is 5.92 Å². The number of nitrogens with zero attached hydrogens (tertiary/aromatic N) is 3. The lowest BCUT2D eigenvalue weighted by molar-refractivity contribution is 0.0983. The zero-order valence-electron chi connectivity index (χ0n) is 19.1. The standard InChI is InChI=1S/C24H29N5O4/c1-4-5-13-28-21(25)20(22(30)27-24(28)32)29(15-16(2)3)23(31)17-8-10-18(11-9-17)33-19-7-6-12-26-14-19/h6-12,14,16H,4-5,13,15,25H2,1-3H3,(H,27,30,32). The maximum Gasteiger partial charge on any atom is 0.330 e. The number of unbranched alkanes of at least 4 members (excludes halogenated alkanes) is 1. The molecule has 3 N–H and O–H groups in total. The fourth-order valence-electron chi connectivity index (χ4n) is 3.38. The number of rotatable bonds is 9. The van der Waals surface area contributed by atoms with Crippen LogP contribution in [0.4, 0.5) is 11.5 Å². The van der Waals surface area contributed by atoms with Crippen LogP contribution >= 0.6 is 0 Å². The third-order valence-corrected chi connectivity index (χ3v) is 4.98. The minimum atomic E-state index is -0.684. The Morgan fingerprint density at radius 1 is 1.18 bits per heavy atom. The van der Waals surface area contributed by atoms with Crippen LogP contribution in [0.5, 0.6) is 11.5 Å². The number of H-pyrrole nitrogens is 1. The van der Waals surface area contributed by atoms with Crippen molar-refractivity contribution >= 4 is 17.4 Å². The highest BCUT2D eigenvalue weighted by Gasteiger charge is 2.26. The normalized spacial score (nSPS) is 10.9. The number of aromatic nitrogens is 3. The predicted octanol–water partition coefficient (Wildman–Crippen LogP) is 3.41. The van der Waals surface area contributed by atoms with Crippen molar-refractivity contribution in [2.75, 3.05) is 17.2 Å². The fourth-order valence-corrected chi connectivity index (χ4v) is 3.38. The van der Waals surface area contributed by atoms with Crippen molar-refractivity contribution in [1.82, 2.24) is 14.5 Å². The number of ether oxygens (including phenoxy) is 1. The van der Waals surface area contributed by atoms with Gasteiger partial charge >= 0.3 is 5.69 Å². The van der Waals surface area contributed by atoms with Crippen LogP contribution in [-0.2, 0) is 6.54 Å². The van der Waals surface area contributed by atoms with Gasteiger partial charge in [-0.25, -0.2) is 4.79 Å². The SMILES string of the molecule is CCCCn1c(N)c(N(CC(C)C)C(=O)c2ccc(Oc3cccnc3)cc2)c(=O)[nH]c1=O. The highest BCUT2D eigenvalue weighted by atomic mass is 16.5. The van der Waals surface area contributed by atoms with Gasteiger partial charge in [0.25, 0.3) is 11.5 Å². The van der Waals surface area contributed by atoms with E-state index in [9.17, 15) is 14.4 Å². The lowest BCUT2D eigenvalue weighted by Gasteiger charge is -2.26. The molecule has 0 bridgehead atoms. The summed E-state index contributed by atoms with van der Waals surface area (Å²) in [5.74, 6) is 0.765. The predicted molar refractivity (Wildman–Crippen MR) is 128 cm³/mol. The molecule has 0 spiro atoms. The number of carbonyl (C=O) groups is 1. The maximum atomic E-state index is 13.4. The molecule has 9 heteroatoms. The minimum absolute atomic E-state index is 0.0114. The highest BCUT2D eigenvalue weighted by Crippen LogP contribution is 2.24. The van der Waals surface area contributed by atoms with Gasteiger partial charge in [-0.15, -0.1) is 0 Å². The van der Waals surface area contributed by atoms with Crippen molar-refractivity contribution in [3.8, 4) is 11.5 Å². The van der Waals surface area contributed by atoms with E-state index in [-0.39, 0.29) is 24.0 Å². The number of hydrogen-bond acceptors (Lipinski definition) is 6. The molecule has 0 radical (unpaired) electrons. The number of benzene rings is 1. The van der Waals surface area contributed by atoms with Gasteiger partial charge in [0.05, 0.1) is 6.20 Å². The van der Waals surface area contributed by atoms with Crippen LogP contribution in [0.15, 0.2) is 58.4 Å². The largest absolute Gasteiger partial charge is 0.456 e. The molecule has 3 aromatic rings. The number of aromatic amines is 1. The topological polar surface area (TPSA) is 123 Å². The lowest BCUT2D eigenvalue weighted by Crippen LogP contribution is -2.42. The number of carbonyl (C=O) groups excluding carboxylic acids is 1. The summed E-state index contributed by atoms with van der Waals surface area (Å²) >= 11 is 0. The molecule has 0 unspecified atom stereocenters. The van der Waals surface area contributed by atoms with Gasteiger partial charge in [-0.3, -0.25) is 24.1 Å².